The third-order valence-corrected chi connectivity index (χ3v) is 2.66. The third-order valence-electron chi connectivity index (χ3n) is 2.15. The van der Waals surface area contributed by atoms with E-state index in [0.29, 0.717) is 6.07 Å². The van der Waals surface area contributed by atoms with E-state index in [4.69, 9.17) is 4.74 Å². The SMILES string of the molecule is Oc1ccccc1Oc1cccc(OS(F)(F)(F)(F)F)c1. The molecule has 2 aromatic carbocycles. The highest BCUT2D eigenvalue weighted by Gasteiger charge is 2.67. The molecule has 2 aromatic rings. The zero-order valence-electron chi connectivity index (χ0n) is 10.2. The van der Waals surface area contributed by atoms with Crippen LogP contribution in [0.2, 0.25) is 0 Å². The van der Waals surface area contributed by atoms with Crippen LogP contribution < -0.4 is 8.92 Å². The summed E-state index contributed by atoms with van der Waals surface area (Å²) in [7, 11) is -10.0. The highest BCUT2D eigenvalue weighted by molar-refractivity contribution is 8.42. The van der Waals surface area contributed by atoms with Crippen molar-refractivity contribution in [3.63, 3.8) is 0 Å². The Morgan fingerprint density at radius 2 is 1.43 bits per heavy atom. The summed E-state index contributed by atoms with van der Waals surface area (Å²) >= 11 is 0. The van der Waals surface area contributed by atoms with Crippen molar-refractivity contribution in [3.05, 3.63) is 48.5 Å². The lowest BCUT2D eigenvalue weighted by molar-refractivity contribution is 0.243. The normalized spacial score (nSPS) is 14.9. The highest BCUT2D eigenvalue weighted by atomic mass is 32.5. The molecule has 0 saturated heterocycles. The molecule has 0 saturated carbocycles. The Morgan fingerprint density at radius 1 is 0.810 bits per heavy atom. The van der Waals surface area contributed by atoms with Gasteiger partial charge in [0.05, 0.1) is 0 Å². The number of benzene rings is 2. The van der Waals surface area contributed by atoms with E-state index in [1.807, 2.05) is 0 Å². The lowest BCUT2D eigenvalue weighted by Gasteiger charge is -2.39. The molecule has 0 atom stereocenters. The average molecular weight is 328 g/mol. The molecule has 0 spiro atoms. The Hall–Kier alpha value is -2.16. The Bertz CT molecular complexity index is 672. The Morgan fingerprint density at radius 3 is 2.05 bits per heavy atom. The van der Waals surface area contributed by atoms with Gasteiger partial charge in [0.2, 0.25) is 0 Å². The number of phenolic OH excluding ortho intramolecular Hbond substituents is 1. The van der Waals surface area contributed by atoms with Crippen LogP contribution in [0.1, 0.15) is 0 Å². The molecule has 0 unspecified atom stereocenters. The number of hydrogen-bond donors (Lipinski definition) is 1. The minimum atomic E-state index is -10.0. The van der Waals surface area contributed by atoms with Gasteiger partial charge in [0.1, 0.15) is 11.5 Å². The minimum Gasteiger partial charge on any atom is -0.504 e. The van der Waals surface area contributed by atoms with Crippen molar-refractivity contribution in [2.24, 2.45) is 0 Å². The number of halogens is 5. The van der Waals surface area contributed by atoms with Crippen molar-refractivity contribution >= 4 is 10.5 Å². The molecule has 0 amide bonds. The fourth-order valence-electron chi connectivity index (χ4n) is 1.44. The molecule has 21 heavy (non-hydrogen) atoms. The second-order valence-electron chi connectivity index (χ2n) is 4.03. The molecule has 0 radical (unpaired) electrons. The quantitative estimate of drug-likeness (QED) is 0.723. The van der Waals surface area contributed by atoms with Crippen LogP contribution in [0, 0.1) is 0 Å². The molecular weight excluding hydrogens is 319 g/mol. The maximum absolute atomic E-state index is 12.2. The van der Waals surface area contributed by atoms with Crippen molar-refractivity contribution in [1.29, 1.82) is 0 Å². The summed E-state index contributed by atoms with van der Waals surface area (Å²) in [5.41, 5.74) is 0. The lowest BCUT2D eigenvalue weighted by Crippen LogP contribution is -2.13. The molecule has 0 heterocycles. The number of rotatable bonds is 4. The summed E-state index contributed by atoms with van der Waals surface area (Å²) < 4.78 is 69.1. The molecule has 0 aliphatic carbocycles. The van der Waals surface area contributed by atoms with Gasteiger partial charge in [-0.2, -0.15) is 0 Å². The number of aromatic hydroxyl groups is 1. The van der Waals surface area contributed by atoms with Gasteiger partial charge in [-0.15, -0.1) is 0 Å². The van der Waals surface area contributed by atoms with Gasteiger partial charge in [0.15, 0.2) is 11.5 Å². The molecule has 0 aliphatic heterocycles. The first-order chi connectivity index (χ1) is 9.41. The zero-order valence-corrected chi connectivity index (χ0v) is 11.0. The first-order valence-electron chi connectivity index (χ1n) is 5.42. The standard InChI is InChI=1S/C12H9F5O3S/c13-21(14,15,16,17)20-10-5-3-4-9(8-10)19-12-7-2-1-6-11(12)18/h1-8,18H. The van der Waals surface area contributed by atoms with Crippen LogP contribution in [0.5, 0.6) is 23.0 Å². The van der Waals surface area contributed by atoms with Crippen LogP contribution >= 0.6 is 10.5 Å². The molecule has 0 bridgehead atoms. The van der Waals surface area contributed by atoms with Crippen LogP contribution in [-0.4, -0.2) is 5.11 Å². The lowest BCUT2D eigenvalue weighted by atomic mass is 10.3. The van der Waals surface area contributed by atoms with Gasteiger partial charge in [0.25, 0.3) is 0 Å². The van der Waals surface area contributed by atoms with Gasteiger partial charge < -0.3 is 14.0 Å². The average Bonchev–Trinajstić information content (AvgIpc) is 2.28. The van der Waals surface area contributed by atoms with Gasteiger partial charge in [-0.1, -0.05) is 37.6 Å². The van der Waals surface area contributed by atoms with Gasteiger partial charge in [0, 0.05) is 6.07 Å². The Labute approximate surface area is 116 Å². The fraction of sp³-hybridized carbons (Fsp3) is 0. The van der Waals surface area contributed by atoms with E-state index in [0.717, 1.165) is 12.1 Å². The van der Waals surface area contributed by atoms with Gasteiger partial charge in [-0.05, 0) is 24.3 Å². The second kappa shape index (κ2) is 4.17. The molecule has 2 rings (SSSR count). The van der Waals surface area contributed by atoms with E-state index >= 15 is 0 Å². The highest BCUT2D eigenvalue weighted by Crippen LogP contribution is 2.97. The first-order valence-corrected chi connectivity index (χ1v) is 7.30. The molecular formula is C12H9F5O3S. The van der Waals surface area contributed by atoms with Crippen LogP contribution in [0.25, 0.3) is 0 Å². The summed E-state index contributed by atoms with van der Waals surface area (Å²) in [6, 6.07) is 9.32. The van der Waals surface area contributed by atoms with Crippen molar-refractivity contribution < 1.29 is 33.5 Å². The Kier molecular flexibility index (Phi) is 3.02. The van der Waals surface area contributed by atoms with E-state index in [1.54, 1.807) is 0 Å². The van der Waals surface area contributed by atoms with Crippen LogP contribution in [0.4, 0.5) is 19.4 Å². The predicted octanol–water partition coefficient (Wildman–Crippen LogP) is 5.78. The molecule has 1 N–H and O–H groups in total. The number of ether oxygens (including phenoxy) is 1. The van der Waals surface area contributed by atoms with Gasteiger partial charge >= 0.3 is 10.5 Å². The summed E-state index contributed by atoms with van der Waals surface area (Å²) in [6.45, 7) is 0. The molecule has 3 nitrogen and oxygen atoms in total. The van der Waals surface area contributed by atoms with E-state index in [9.17, 15) is 24.5 Å². The molecule has 0 aliphatic rings. The zero-order chi connectivity index (χ0) is 15.8. The maximum Gasteiger partial charge on any atom is 0.435 e. The fourth-order valence-corrected chi connectivity index (χ4v) is 1.91. The van der Waals surface area contributed by atoms with Crippen LogP contribution in [0.15, 0.2) is 48.5 Å². The van der Waals surface area contributed by atoms with Crippen LogP contribution in [0.3, 0.4) is 0 Å². The molecule has 9 heteroatoms. The molecule has 0 aromatic heterocycles. The monoisotopic (exact) mass is 328 g/mol. The minimum absolute atomic E-state index is 0.0398. The number of para-hydroxylation sites is 2. The van der Waals surface area contributed by atoms with Gasteiger partial charge in [-0.25, -0.2) is 0 Å². The molecule has 0 fully saturated rings. The van der Waals surface area contributed by atoms with Gasteiger partial charge in [-0.3, -0.25) is 0 Å². The van der Waals surface area contributed by atoms with Crippen molar-refractivity contribution in [2.75, 3.05) is 0 Å². The van der Waals surface area contributed by atoms with E-state index in [2.05, 4.69) is 4.18 Å². The smallest absolute Gasteiger partial charge is 0.435 e. The maximum atomic E-state index is 12.2. The van der Waals surface area contributed by atoms with E-state index in [-0.39, 0.29) is 17.2 Å². The first kappa shape index (κ1) is 15.2. The van der Waals surface area contributed by atoms with Crippen molar-refractivity contribution in [1.82, 2.24) is 0 Å². The van der Waals surface area contributed by atoms with Crippen LogP contribution in [-0.2, 0) is 0 Å². The van der Waals surface area contributed by atoms with E-state index in [1.165, 1.54) is 30.3 Å². The summed E-state index contributed by atoms with van der Waals surface area (Å²) in [5, 5.41) is 9.46. The number of phenols is 1. The summed E-state index contributed by atoms with van der Waals surface area (Å²) in [6.07, 6.45) is 0. The predicted molar refractivity (Wildman–Crippen MR) is 68.4 cm³/mol. The largest absolute Gasteiger partial charge is 0.504 e. The molecule has 116 valence electrons. The summed E-state index contributed by atoms with van der Waals surface area (Å²) in [4.78, 5) is 0. The van der Waals surface area contributed by atoms with E-state index < -0.39 is 16.3 Å². The third kappa shape index (κ3) is 5.03. The van der Waals surface area contributed by atoms with Crippen molar-refractivity contribution in [3.8, 4) is 23.0 Å². The summed E-state index contributed by atoms with van der Waals surface area (Å²) in [5.74, 6) is -1.60. The van der Waals surface area contributed by atoms with Crippen molar-refractivity contribution in [2.45, 2.75) is 0 Å². The Balaban J connectivity index is 2.26. The topological polar surface area (TPSA) is 38.7 Å². The second-order valence-corrected chi connectivity index (χ2v) is 5.99. The number of hydrogen-bond acceptors (Lipinski definition) is 3.